The molecule has 4 aromatic heterocycles. The highest BCUT2D eigenvalue weighted by molar-refractivity contribution is 5.66. The predicted octanol–water partition coefficient (Wildman–Crippen LogP) is 5.59. The lowest BCUT2D eigenvalue weighted by Gasteiger charge is -2.12. The van der Waals surface area contributed by atoms with Gasteiger partial charge in [-0.3, -0.25) is 0 Å². The van der Waals surface area contributed by atoms with Crippen molar-refractivity contribution < 1.29 is 23.0 Å². The molecule has 0 bridgehead atoms. The van der Waals surface area contributed by atoms with E-state index in [0.29, 0.717) is 40.7 Å². The predicted molar refractivity (Wildman–Crippen MR) is 138 cm³/mol. The fourth-order valence-electron chi connectivity index (χ4n) is 5.04. The Labute approximate surface area is 226 Å². The molecule has 0 saturated heterocycles. The average Bonchev–Trinajstić information content (AvgIpc) is 3.88. The van der Waals surface area contributed by atoms with E-state index < -0.39 is 11.9 Å². The maximum atomic E-state index is 13.4. The number of methoxy groups -OCH3 is 1. The summed E-state index contributed by atoms with van der Waals surface area (Å²) in [5.41, 5.74) is 3.20. The normalized spacial score (nSPS) is 15.6. The average molecular weight is 548 g/mol. The summed E-state index contributed by atoms with van der Waals surface area (Å²) >= 11 is 0. The van der Waals surface area contributed by atoms with Crippen LogP contribution in [0.5, 0.6) is 11.6 Å². The summed E-state index contributed by atoms with van der Waals surface area (Å²) in [4.78, 5) is 17.2. The van der Waals surface area contributed by atoms with Gasteiger partial charge in [0.05, 0.1) is 24.5 Å². The molecule has 12 heteroatoms. The van der Waals surface area contributed by atoms with Crippen molar-refractivity contribution in [3.63, 3.8) is 0 Å². The van der Waals surface area contributed by atoms with Crippen molar-refractivity contribution in [3.05, 3.63) is 71.7 Å². The molecular formula is C28H24F3N7O2. The minimum Gasteiger partial charge on any atom is -0.508 e. The molecule has 0 radical (unpaired) electrons. The highest BCUT2D eigenvalue weighted by atomic mass is 19.4. The molecule has 204 valence electrons. The number of aromatic hydroxyl groups is 1. The number of aromatic nitrogens is 7. The Morgan fingerprint density at radius 3 is 2.58 bits per heavy atom. The van der Waals surface area contributed by atoms with Crippen molar-refractivity contribution in [1.82, 2.24) is 34.1 Å². The SMILES string of the molecule is COc1ncnc(C2CC2)c1-c1ncc2ccc(Cc3ccc(-c4nc(C(F)(F)F)cn4C4CC4)cc3O)n2n1. The van der Waals surface area contributed by atoms with Gasteiger partial charge in [0.25, 0.3) is 0 Å². The maximum Gasteiger partial charge on any atom is 0.434 e. The summed E-state index contributed by atoms with van der Waals surface area (Å²) in [7, 11) is 1.55. The third kappa shape index (κ3) is 4.33. The molecule has 0 unspecified atom stereocenters. The first kappa shape index (κ1) is 24.6. The van der Waals surface area contributed by atoms with Gasteiger partial charge in [-0.25, -0.2) is 24.5 Å². The molecule has 2 aliphatic carbocycles. The van der Waals surface area contributed by atoms with Gasteiger partial charge in [-0.1, -0.05) is 12.1 Å². The van der Waals surface area contributed by atoms with Crippen LogP contribution in [0.4, 0.5) is 13.2 Å². The second-order valence-electron chi connectivity index (χ2n) is 10.3. The Hall–Kier alpha value is -4.48. The summed E-state index contributed by atoms with van der Waals surface area (Å²) in [5, 5.41) is 15.7. The Bertz CT molecular complexity index is 1750. The van der Waals surface area contributed by atoms with Crippen LogP contribution in [-0.4, -0.2) is 46.3 Å². The lowest BCUT2D eigenvalue weighted by atomic mass is 10.1. The topological polar surface area (TPSA) is 103 Å². The number of rotatable bonds is 7. The second-order valence-corrected chi connectivity index (χ2v) is 10.3. The first-order chi connectivity index (χ1) is 19.3. The van der Waals surface area contributed by atoms with E-state index in [1.54, 1.807) is 34.5 Å². The number of ether oxygens (including phenoxy) is 1. The first-order valence-electron chi connectivity index (χ1n) is 13.0. The van der Waals surface area contributed by atoms with E-state index in [1.165, 1.54) is 12.4 Å². The van der Waals surface area contributed by atoms with Crippen LogP contribution in [-0.2, 0) is 12.6 Å². The molecule has 0 amide bonds. The number of hydrogen-bond donors (Lipinski definition) is 1. The minimum absolute atomic E-state index is 0.00421. The van der Waals surface area contributed by atoms with Crippen LogP contribution in [0.15, 0.2) is 49.1 Å². The molecule has 1 aromatic carbocycles. The summed E-state index contributed by atoms with van der Waals surface area (Å²) in [5.74, 6) is 1.35. The molecule has 0 atom stereocenters. The maximum absolute atomic E-state index is 13.4. The molecule has 0 spiro atoms. The number of imidazole rings is 1. The van der Waals surface area contributed by atoms with E-state index in [9.17, 15) is 18.3 Å². The second kappa shape index (κ2) is 9.04. The van der Waals surface area contributed by atoms with E-state index in [-0.39, 0.29) is 17.6 Å². The monoisotopic (exact) mass is 547 g/mol. The third-order valence-corrected chi connectivity index (χ3v) is 7.38. The molecule has 0 aliphatic heterocycles. The van der Waals surface area contributed by atoms with Gasteiger partial charge in [-0.05, 0) is 49.4 Å². The molecule has 9 nitrogen and oxygen atoms in total. The fourth-order valence-corrected chi connectivity index (χ4v) is 5.04. The van der Waals surface area contributed by atoms with Crippen LogP contribution in [0.25, 0.3) is 28.3 Å². The smallest absolute Gasteiger partial charge is 0.434 e. The van der Waals surface area contributed by atoms with Crippen molar-refractivity contribution in [3.8, 4) is 34.4 Å². The van der Waals surface area contributed by atoms with Crippen LogP contribution in [0.1, 0.15) is 60.3 Å². The zero-order valence-electron chi connectivity index (χ0n) is 21.4. The van der Waals surface area contributed by atoms with Crippen molar-refractivity contribution in [1.29, 1.82) is 0 Å². The van der Waals surface area contributed by atoms with E-state index in [1.807, 2.05) is 12.1 Å². The van der Waals surface area contributed by atoms with Gasteiger partial charge in [0.15, 0.2) is 11.5 Å². The van der Waals surface area contributed by atoms with Crippen molar-refractivity contribution in [2.45, 2.75) is 50.2 Å². The van der Waals surface area contributed by atoms with E-state index in [0.717, 1.165) is 48.8 Å². The van der Waals surface area contributed by atoms with Crippen molar-refractivity contribution in [2.75, 3.05) is 7.11 Å². The summed E-state index contributed by atoms with van der Waals surface area (Å²) in [6, 6.07) is 8.66. The highest BCUT2D eigenvalue weighted by Gasteiger charge is 2.37. The lowest BCUT2D eigenvalue weighted by Crippen LogP contribution is -2.06. The molecule has 2 saturated carbocycles. The van der Waals surface area contributed by atoms with Gasteiger partial charge >= 0.3 is 6.18 Å². The zero-order chi connectivity index (χ0) is 27.6. The van der Waals surface area contributed by atoms with Gasteiger partial charge in [0, 0.05) is 35.8 Å². The lowest BCUT2D eigenvalue weighted by molar-refractivity contribution is -0.140. The molecule has 2 aliphatic rings. The molecular weight excluding hydrogens is 523 g/mol. The Balaban J connectivity index is 1.23. The standard InChI is InChI=1S/C28H24F3N7O2/c1-40-27-23(24(15-2-3-15)33-14-34-27)25-32-12-20-9-8-19(38(20)36-25)10-16-4-5-17(11-21(16)39)26-35-22(28(29,30)31)13-37(26)18-6-7-18/h4-5,8-9,11-15,18,39H,2-3,6-7,10H2,1H3. The van der Waals surface area contributed by atoms with Gasteiger partial charge in [-0.2, -0.15) is 13.2 Å². The number of benzene rings is 1. The Morgan fingerprint density at radius 2 is 1.88 bits per heavy atom. The molecule has 2 fully saturated rings. The Kier molecular flexibility index (Phi) is 5.55. The largest absolute Gasteiger partial charge is 0.508 e. The van der Waals surface area contributed by atoms with E-state index >= 15 is 0 Å². The fraction of sp³-hybridized carbons (Fsp3) is 0.321. The summed E-state index contributed by atoms with van der Waals surface area (Å²) in [6.45, 7) is 0. The highest BCUT2D eigenvalue weighted by Crippen LogP contribution is 2.45. The van der Waals surface area contributed by atoms with Gasteiger partial charge in [0.2, 0.25) is 5.88 Å². The zero-order valence-corrected chi connectivity index (χ0v) is 21.4. The molecule has 5 aromatic rings. The first-order valence-corrected chi connectivity index (χ1v) is 13.0. The van der Waals surface area contributed by atoms with Crippen LogP contribution < -0.4 is 4.74 Å². The quantitative estimate of drug-likeness (QED) is 0.284. The molecule has 1 N–H and O–H groups in total. The number of nitrogens with zero attached hydrogens (tertiary/aromatic N) is 7. The number of phenols is 1. The minimum atomic E-state index is -4.54. The van der Waals surface area contributed by atoms with Gasteiger partial charge in [0.1, 0.15) is 23.5 Å². The number of halogens is 3. The van der Waals surface area contributed by atoms with Crippen LogP contribution in [0, 0.1) is 0 Å². The third-order valence-electron chi connectivity index (χ3n) is 7.38. The van der Waals surface area contributed by atoms with E-state index in [2.05, 4.69) is 19.9 Å². The van der Waals surface area contributed by atoms with Crippen molar-refractivity contribution in [2.24, 2.45) is 0 Å². The number of alkyl halides is 3. The van der Waals surface area contributed by atoms with E-state index in [4.69, 9.17) is 9.84 Å². The number of phenolic OH excluding ortho intramolecular Hbond substituents is 1. The number of hydrogen-bond acceptors (Lipinski definition) is 7. The van der Waals surface area contributed by atoms with Crippen LogP contribution in [0.3, 0.4) is 0 Å². The molecule has 40 heavy (non-hydrogen) atoms. The Morgan fingerprint density at radius 1 is 1.05 bits per heavy atom. The summed E-state index contributed by atoms with van der Waals surface area (Å²) in [6.07, 6.45) is 3.75. The van der Waals surface area contributed by atoms with Crippen LogP contribution in [0.2, 0.25) is 0 Å². The van der Waals surface area contributed by atoms with Gasteiger partial charge < -0.3 is 14.4 Å². The van der Waals surface area contributed by atoms with Crippen LogP contribution >= 0.6 is 0 Å². The van der Waals surface area contributed by atoms with Gasteiger partial charge in [-0.15, -0.1) is 5.10 Å². The summed E-state index contributed by atoms with van der Waals surface area (Å²) < 4.78 is 48.9. The molecule has 7 rings (SSSR count). The number of fused-ring (bicyclic) bond motifs is 1. The molecule has 4 heterocycles. The van der Waals surface area contributed by atoms with Crippen molar-refractivity contribution >= 4 is 5.52 Å².